The van der Waals surface area contributed by atoms with Crippen molar-refractivity contribution in [1.82, 2.24) is 20.2 Å². The number of methoxy groups -OCH3 is 1. The minimum atomic E-state index is -0.519. The normalized spacial score (nSPS) is 10.4. The lowest BCUT2D eigenvalue weighted by Gasteiger charge is -2.14. The Labute approximate surface area is 160 Å². The number of aromatic amines is 1. The Bertz CT molecular complexity index is 983. The minimum absolute atomic E-state index is 0.0566. The van der Waals surface area contributed by atoms with Gasteiger partial charge in [0.2, 0.25) is 0 Å². The summed E-state index contributed by atoms with van der Waals surface area (Å²) < 4.78 is 25.4. The fourth-order valence-corrected chi connectivity index (χ4v) is 2.46. The Morgan fingerprint density at radius 3 is 2.82 bits per heavy atom. The molecule has 0 bridgehead atoms. The summed E-state index contributed by atoms with van der Waals surface area (Å²) in [6.07, 6.45) is 3.34. The van der Waals surface area contributed by atoms with E-state index >= 15 is 0 Å². The van der Waals surface area contributed by atoms with E-state index in [4.69, 9.17) is 20.5 Å². The van der Waals surface area contributed by atoms with E-state index in [-0.39, 0.29) is 18.1 Å². The fraction of sp³-hybridized carbons (Fsp3) is 0.222. The van der Waals surface area contributed by atoms with Gasteiger partial charge in [0.1, 0.15) is 17.6 Å². The predicted octanol–water partition coefficient (Wildman–Crippen LogP) is 2.36. The van der Waals surface area contributed by atoms with Gasteiger partial charge in [-0.15, -0.1) is 0 Å². The topological polar surface area (TPSA) is 135 Å². The van der Waals surface area contributed by atoms with Gasteiger partial charge in [-0.25, -0.2) is 14.4 Å². The Balaban J connectivity index is 1.90. The number of hydrogen-bond acceptors (Lipinski definition) is 8. The number of nitriles is 1. The fourth-order valence-electron chi connectivity index (χ4n) is 2.46. The molecule has 3 aromatic rings. The molecule has 1 aromatic carbocycles. The summed E-state index contributed by atoms with van der Waals surface area (Å²) in [6.45, 7) is 0.707. The van der Waals surface area contributed by atoms with Crippen LogP contribution < -0.4 is 20.5 Å². The van der Waals surface area contributed by atoms with Gasteiger partial charge >= 0.3 is 0 Å². The molecule has 0 unspecified atom stereocenters. The average molecular weight is 383 g/mol. The van der Waals surface area contributed by atoms with Crippen molar-refractivity contribution in [3.63, 3.8) is 0 Å². The van der Waals surface area contributed by atoms with Crippen LogP contribution in [0.4, 0.5) is 16.0 Å². The second-order valence-electron chi connectivity index (χ2n) is 5.64. The lowest BCUT2D eigenvalue weighted by Crippen LogP contribution is -2.08. The highest BCUT2D eigenvalue weighted by molar-refractivity contribution is 5.76. The third-order valence-corrected chi connectivity index (χ3v) is 3.76. The molecule has 2 heterocycles. The molecular weight excluding hydrogens is 365 g/mol. The first-order chi connectivity index (χ1) is 13.7. The molecule has 0 atom stereocenters. The van der Waals surface area contributed by atoms with Gasteiger partial charge in [0.15, 0.2) is 23.1 Å². The summed E-state index contributed by atoms with van der Waals surface area (Å²) >= 11 is 0. The first-order valence-electron chi connectivity index (χ1n) is 8.40. The zero-order valence-electron chi connectivity index (χ0n) is 15.1. The van der Waals surface area contributed by atoms with Gasteiger partial charge < -0.3 is 20.5 Å². The molecule has 0 aliphatic heterocycles. The number of H-pyrrole nitrogens is 1. The van der Waals surface area contributed by atoms with Crippen LogP contribution in [-0.4, -0.2) is 40.4 Å². The van der Waals surface area contributed by atoms with Crippen molar-refractivity contribution in [2.24, 2.45) is 5.73 Å². The Hall–Kier alpha value is -3.71. The molecule has 144 valence electrons. The standard InChI is InChI=1S/C18H18FN7O2/c1-27-14-4-3-12(19)18(28-6-2-5-20)17(14)13-7-15(26-25-13)24-16-10-22-11(8-21)9-23-16/h3-4,7,9-10H,2,5-6,20H2,1H3,(H2,23,24,25,26). The Kier molecular flexibility index (Phi) is 5.98. The number of anilines is 2. The van der Waals surface area contributed by atoms with E-state index in [9.17, 15) is 4.39 Å². The quantitative estimate of drug-likeness (QED) is 0.505. The molecule has 4 N–H and O–H groups in total. The number of nitrogens with one attached hydrogen (secondary N) is 2. The first-order valence-corrected chi connectivity index (χ1v) is 8.40. The molecule has 10 heteroatoms. The average Bonchev–Trinajstić information content (AvgIpc) is 3.17. The van der Waals surface area contributed by atoms with Crippen LogP contribution >= 0.6 is 0 Å². The van der Waals surface area contributed by atoms with Gasteiger partial charge in [-0.3, -0.25) is 5.10 Å². The molecule has 0 spiro atoms. The van der Waals surface area contributed by atoms with Gasteiger partial charge in [0.25, 0.3) is 0 Å². The van der Waals surface area contributed by atoms with E-state index in [0.717, 1.165) is 0 Å². The molecule has 0 saturated heterocycles. The monoisotopic (exact) mass is 383 g/mol. The number of benzene rings is 1. The molecular formula is C18H18FN7O2. The zero-order chi connectivity index (χ0) is 19.9. The number of nitrogens with zero attached hydrogens (tertiary/aromatic N) is 4. The number of ether oxygens (including phenoxy) is 2. The molecule has 0 amide bonds. The summed E-state index contributed by atoms with van der Waals surface area (Å²) in [7, 11) is 1.49. The summed E-state index contributed by atoms with van der Waals surface area (Å²) in [5.41, 5.74) is 6.58. The SMILES string of the molecule is COc1ccc(F)c(OCCCN)c1-c1cc(Nc2cnc(C#N)cn2)n[nH]1. The summed E-state index contributed by atoms with van der Waals surface area (Å²) in [5.74, 6) is 0.796. The molecule has 9 nitrogen and oxygen atoms in total. The van der Waals surface area contributed by atoms with Crippen LogP contribution in [0.3, 0.4) is 0 Å². The second kappa shape index (κ2) is 8.79. The molecule has 2 aromatic heterocycles. The van der Waals surface area contributed by atoms with Crippen LogP contribution in [0.5, 0.6) is 11.5 Å². The van der Waals surface area contributed by atoms with Crippen LogP contribution in [0, 0.1) is 17.1 Å². The maximum atomic E-state index is 14.4. The summed E-state index contributed by atoms with van der Waals surface area (Å²) in [6, 6.07) is 6.35. The van der Waals surface area contributed by atoms with Crippen molar-refractivity contribution in [1.29, 1.82) is 5.26 Å². The predicted molar refractivity (Wildman–Crippen MR) is 99.7 cm³/mol. The van der Waals surface area contributed by atoms with Crippen molar-refractivity contribution in [2.75, 3.05) is 25.6 Å². The smallest absolute Gasteiger partial charge is 0.168 e. The molecule has 0 aliphatic rings. The van der Waals surface area contributed by atoms with Gasteiger partial charge in [0.05, 0.1) is 37.4 Å². The minimum Gasteiger partial charge on any atom is -0.496 e. The Morgan fingerprint density at radius 1 is 1.29 bits per heavy atom. The highest BCUT2D eigenvalue weighted by Crippen LogP contribution is 2.40. The van der Waals surface area contributed by atoms with Gasteiger partial charge in [-0.1, -0.05) is 0 Å². The van der Waals surface area contributed by atoms with E-state index in [1.54, 1.807) is 6.07 Å². The van der Waals surface area contributed by atoms with Crippen molar-refractivity contribution in [3.05, 3.63) is 42.1 Å². The molecule has 0 aliphatic carbocycles. The van der Waals surface area contributed by atoms with Crippen molar-refractivity contribution in [2.45, 2.75) is 6.42 Å². The van der Waals surface area contributed by atoms with E-state index < -0.39 is 5.82 Å². The first kappa shape index (κ1) is 19.1. The molecule has 0 saturated carbocycles. The highest BCUT2D eigenvalue weighted by atomic mass is 19.1. The maximum absolute atomic E-state index is 14.4. The van der Waals surface area contributed by atoms with Crippen LogP contribution in [0.2, 0.25) is 0 Å². The number of aromatic nitrogens is 4. The van der Waals surface area contributed by atoms with E-state index in [1.807, 2.05) is 6.07 Å². The summed E-state index contributed by atoms with van der Waals surface area (Å²) in [5, 5.41) is 18.7. The molecule has 0 fully saturated rings. The Morgan fingerprint density at radius 2 is 2.14 bits per heavy atom. The van der Waals surface area contributed by atoms with E-state index in [2.05, 4.69) is 25.5 Å². The van der Waals surface area contributed by atoms with Crippen molar-refractivity contribution in [3.8, 4) is 28.8 Å². The van der Waals surface area contributed by atoms with Crippen LogP contribution in [0.1, 0.15) is 12.1 Å². The molecule has 3 rings (SSSR count). The van der Waals surface area contributed by atoms with Crippen LogP contribution in [0.25, 0.3) is 11.3 Å². The van der Waals surface area contributed by atoms with Gasteiger partial charge in [0, 0.05) is 6.07 Å². The number of rotatable bonds is 8. The number of hydrogen-bond donors (Lipinski definition) is 3. The van der Waals surface area contributed by atoms with Crippen LogP contribution in [-0.2, 0) is 0 Å². The van der Waals surface area contributed by atoms with Gasteiger partial charge in [-0.05, 0) is 25.1 Å². The van der Waals surface area contributed by atoms with Crippen molar-refractivity contribution < 1.29 is 13.9 Å². The van der Waals surface area contributed by atoms with Crippen LogP contribution in [0.15, 0.2) is 30.6 Å². The lowest BCUT2D eigenvalue weighted by atomic mass is 10.1. The third kappa shape index (κ3) is 4.16. The van der Waals surface area contributed by atoms with Gasteiger partial charge in [-0.2, -0.15) is 10.4 Å². The second-order valence-corrected chi connectivity index (χ2v) is 5.64. The zero-order valence-corrected chi connectivity index (χ0v) is 15.1. The molecule has 28 heavy (non-hydrogen) atoms. The van der Waals surface area contributed by atoms with E-state index in [1.165, 1.54) is 31.6 Å². The molecule has 0 radical (unpaired) electrons. The number of nitrogens with two attached hydrogens (primary N) is 1. The van der Waals surface area contributed by atoms with E-state index in [0.29, 0.717) is 41.6 Å². The maximum Gasteiger partial charge on any atom is 0.168 e. The number of halogens is 1. The largest absolute Gasteiger partial charge is 0.496 e. The summed E-state index contributed by atoms with van der Waals surface area (Å²) in [4.78, 5) is 8.00. The lowest BCUT2D eigenvalue weighted by molar-refractivity contribution is 0.296. The highest BCUT2D eigenvalue weighted by Gasteiger charge is 2.20. The van der Waals surface area contributed by atoms with Crippen molar-refractivity contribution >= 4 is 11.6 Å². The third-order valence-electron chi connectivity index (χ3n) is 3.76.